The summed E-state index contributed by atoms with van der Waals surface area (Å²) >= 11 is 0. The lowest BCUT2D eigenvalue weighted by atomic mass is 10.1. The van der Waals surface area contributed by atoms with Crippen LogP contribution < -0.4 is 5.32 Å². The van der Waals surface area contributed by atoms with Gasteiger partial charge in [-0.3, -0.25) is 0 Å². The molecule has 1 amide bonds. The number of carbonyl (C=O) groups excluding carboxylic acids is 1. The smallest absolute Gasteiger partial charge is 0.410 e. The first-order valence-corrected chi connectivity index (χ1v) is 7.63. The number of para-hydroxylation sites is 1. The van der Waals surface area contributed by atoms with E-state index in [4.69, 9.17) is 9.15 Å². The molecule has 0 aliphatic heterocycles. The van der Waals surface area contributed by atoms with Crippen LogP contribution in [0.1, 0.15) is 32.1 Å². The molecule has 0 radical (unpaired) electrons. The first-order valence-electron chi connectivity index (χ1n) is 7.63. The molecule has 23 heavy (non-hydrogen) atoms. The maximum Gasteiger partial charge on any atom is 0.410 e. The Hall–Kier alpha value is -2.43. The number of ether oxygens (including phenoxy) is 1. The van der Waals surface area contributed by atoms with Gasteiger partial charge >= 0.3 is 6.09 Å². The van der Waals surface area contributed by atoms with Gasteiger partial charge < -0.3 is 19.4 Å². The van der Waals surface area contributed by atoms with E-state index in [1.165, 1.54) is 0 Å². The Morgan fingerprint density at radius 1 is 1.22 bits per heavy atom. The van der Waals surface area contributed by atoms with Crippen LogP contribution in [0, 0.1) is 0 Å². The minimum atomic E-state index is -0.498. The van der Waals surface area contributed by atoms with Crippen molar-refractivity contribution >= 4 is 11.8 Å². The highest BCUT2D eigenvalue weighted by molar-refractivity contribution is 5.68. The maximum atomic E-state index is 12.1. The summed E-state index contributed by atoms with van der Waals surface area (Å²) in [6, 6.07) is 11.7. The van der Waals surface area contributed by atoms with Gasteiger partial charge in [-0.2, -0.15) is 0 Å². The van der Waals surface area contributed by atoms with Gasteiger partial charge in [-0.15, -0.1) is 0 Å². The number of nitrogens with zero attached hydrogens (tertiary/aromatic N) is 1. The van der Waals surface area contributed by atoms with E-state index >= 15 is 0 Å². The van der Waals surface area contributed by atoms with Crippen LogP contribution in [0.4, 0.5) is 10.5 Å². The molecule has 0 saturated heterocycles. The van der Waals surface area contributed by atoms with Gasteiger partial charge in [0.25, 0.3) is 0 Å². The van der Waals surface area contributed by atoms with Crippen molar-refractivity contribution in [2.45, 2.75) is 39.5 Å². The first kappa shape index (κ1) is 16.9. The number of nitrogens with one attached hydrogen (secondary N) is 1. The molecule has 1 aromatic carbocycles. The molecule has 0 aliphatic carbocycles. The van der Waals surface area contributed by atoms with E-state index in [2.05, 4.69) is 5.32 Å². The van der Waals surface area contributed by atoms with E-state index < -0.39 is 5.60 Å². The van der Waals surface area contributed by atoms with Gasteiger partial charge in [0.1, 0.15) is 11.4 Å². The lowest BCUT2D eigenvalue weighted by Gasteiger charge is -2.25. The van der Waals surface area contributed by atoms with Crippen LogP contribution >= 0.6 is 0 Å². The van der Waals surface area contributed by atoms with Crippen LogP contribution in [0.2, 0.25) is 0 Å². The molecule has 1 heterocycles. The number of amides is 1. The van der Waals surface area contributed by atoms with Gasteiger partial charge in [0.2, 0.25) is 0 Å². The minimum Gasteiger partial charge on any atom is -0.467 e. The van der Waals surface area contributed by atoms with Crippen LogP contribution in [0.15, 0.2) is 47.1 Å². The van der Waals surface area contributed by atoms with Crippen LogP contribution in [-0.2, 0) is 17.8 Å². The van der Waals surface area contributed by atoms with E-state index in [1.807, 2.05) is 57.2 Å². The summed E-state index contributed by atoms with van der Waals surface area (Å²) in [7, 11) is 1.73. The molecule has 0 atom stereocenters. The first-order chi connectivity index (χ1) is 10.8. The molecule has 0 fully saturated rings. The lowest BCUT2D eigenvalue weighted by molar-refractivity contribution is 0.0285. The molecule has 0 spiro atoms. The summed E-state index contributed by atoms with van der Waals surface area (Å²) in [5.74, 6) is 0.861. The molecule has 2 rings (SSSR count). The molecule has 124 valence electrons. The van der Waals surface area contributed by atoms with E-state index in [0.29, 0.717) is 13.1 Å². The summed E-state index contributed by atoms with van der Waals surface area (Å²) in [6.07, 6.45) is 1.32. The van der Waals surface area contributed by atoms with Crippen LogP contribution in [0.25, 0.3) is 0 Å². The minimum absolute atomic E-state index is 0.335. The topological polar surface area (TPSA) is 54.7 Å². The molecule has 0 unspecified atom stereocenters. The molecular formula is C18H24N2O3. The van der Waals surface area contributed by atoms with E-state index in [9.17, 15) is 4.79 Å². The Kier molecular flexibility index (Phi) is 5.32. The Labute approximate surface area is 137 Å². The normalized spacial score (nSPS) is 11.1. The number of anilines is 1. The monoisotopic (exact) mass is 316 g/mol. The molecule has 5 nitrogen and oxygen atoms in total. The van der Waals surface area contributed by atoms with E-state index in [0.717, 1.165) is 17.0 Å². The van der Waals surface area contributed by atoms with Gasteiger partial charge in [0.05, 0.1) is 19.4 Å². The standard InChI is InChI=1S/C18H24N2O3/c1-18(2,3)23-17(21)20(4)13-14-8-5-6-10-16(14)19-12-15-9-7-11-22-15/h5-11,19H,12-13H2,1-4H3. The fourth-order valence-electron chi connectivity index (χ4n) is 2.09. The molecule has 0 saturated carbocycles. The molecular weight excluding hydrogens is 292 g/mol. The predicted molar refractivity (Wildman–Crippen MR) is 90.2 cm³/mol. The number of hydrogen-bond donors (Lipinski definition) is 1. The summed E-state index contributed by atoms with van der Waals surface area (Å²) < 4.78 is 10.7. The van der Waals surface area contributed by atoms with Crippen LogP contribution in [-0.4, -0.2) is 23.6 Å². The van der Waals surface area contributed by atoms with E-state index in [-0.39, 0.29) is 6.09 Å². The number of carbonyl (C=O) groups is 1. The maximum absolute atomic E-state index is 12.1. The zero-order chi connectivity index (χ0) is 16.9. The van der Waals surface area contributed by atoms with Crippen molar-refractivity contribution in [1.82, 2.24) is 4.90 Å². The highest BCUT2D eigenvalue weighted by Gasteiger charge is 2.20. The number of furan rings is 1. The molecule has 2 aromatic rings. The summed E-state index contributed by atoms with van der Waals surface area (Å²) in [4.78, 5) is 13.7. The Morgan fingerprint density at radius 2 is 1.96 bits per heavy atom. The summed E-state index contributed by atoms with van der Waals surface area (Å²) in [6.45, 7) is 6.64. The fourth-order valence-corrected chi connectivity index (χ4v) is 2.09. The Balaban J connectivity index is 2.00. The van der Waals surface area contributed by atoms with Crippen LogP contribution in [0.5, 0.6) is 0 Å². The van der Waals surface area contributed by atoms with Crippen molar-refractivity contribution in [3.63, 3.8) is 0 Å². The number of rotatable bonds is 5. The van der Waals surface area contributed by atoms with Gasteiger partial charge in [-0.05, 0) is 44.5 Å². The fraction of sp³-hybridized carbons (Fsp3) is 0.389. The van der Waals surface area contributed by atoms with Crippen molar-refractivity contribution in [2.75, 3.05) is 12.4 Å². The van der Waals surface area contributed by atoms with E-state index in [1.54, 1.807) is 18.2 Å². The second-order valence-electron chi connectivity index (χ2n) is 6.43. The average molecular weight is 316 g/mol. The van der Waals surface area contributed by atoms with Gasteiger partial charge in [0.15, 0.2) is 0 Å². The summed E-state index contributed by atoms with van der Waals surface area (Å²) in [5.41, 5.74) is 1.49. The van der Waals surface area contributed by atoms with Crippen LogP contribution in [0.3, 0.4) is 0 Å². The molecule has 1 N–H and O–H groups in total. The second kappa shape index (κ2) is 7.22. The predicted octanol–water partition coefficient (Wildman–Crippen LogP) is 4.26. The number of hydrogen-bond acceptors (Lipinski definition) is 4. The molecule has 1 aromatic heterocycles. The Bertz CT molecular complexity index is 630. The average Bonchev–Trinajstić information content (AvgIpc) is 2.98. The van der Waals surface area contributed by atoms with Crippen molar-refractivity contribution in [2.24, 2.45) is 0 Å². The Morgan fingerprint density at radius 3 is 2.61 bits per heavy atom. The number of benzene rings is 1. The van der Waals surface area contributed by atoms with Crippen molar-refractivity contribution in [3.05, 3.63) is 54.0 Å². The largest absolute Gasteiger partial charge is 0.467 e. The van der Waals surface area contributed by atoms with Crippen molar-refractivity contribution < 1.29 is 13.9 Å². The zero-order valence-electron chi connectivity index (χ0n) is 14.1. The van der Waals surface area contributed by atoms with Gasteiger partial charge in [0, 0.05) is 12.7 Å². The lowest BCUT2D eigenvalue weighted by Crippen LogP contribution is -2.33. The van der Waals surface area contributed by atoms with Crippen molar-refractivity contribution in [3.8, 4) is 0 Å². The highest BCUT2D eigenvalue weighted by atomic mass is 16.6. The molecule has 0 bridgehead atoms. The third-order valence-electron chi connectivity index (χ3n) is 3.16. The zero-order valence-corrected chi connectivity index (χ0v) is 14.1. The second-order valence-corrected chi connectivity index (χ2v) is 6.43. The van der Waals surface area contributed by atoms with Gasteiger partial charge in [-0.1, -0.05) is 18.2 Å². The van der Waals surface area contributed by atoms with Gasteiger partial charge in [-0.25, -0.2) is 4.79 Å². The van der Waals surface area contributed by atoms with Crippen molar-refractivity contribution in [1.29, 1.82) is 0 Å². The molecule has 0 aliphatic rings. The quantitative estimate of drug-likeness (QED) is 0.895. The summed E-state index contributed by atoms with van der Waals surface area (Å²) in [5, 5.41) is 3.34. The highest BCUT2D eigenvalue weighted by Crippen LogP contribution is 2.19. The molecule has 5 heteroatoms. The third kappa shape index (κ3) is 5.36. The SMILES string of the molecule is CN(Cc1ccccc1NCc1ccco1)C(=O)OC(C)(C)C. The third-order valence-corrected chi connectivity index (χ3v) is 3.16.